The minimum absolute atomic E-state index is 0.0792. The summed E-state index contributed by atoms with van der Waals surface area (Å²) in [7, 11) is -3.76. The maximum atomic E-state index is 12.2. The molecule has 0 saturated carbocycles. The number of aryl methyl sites for hydroxylation is 1. The van der Waals surface area contributed by atoms with Crippen molar-refractivity contribution in [1.82, 2.24) is 4.72 Å². The second kappa shape index (κ2) is 8.13. The van der Waals surface area contributed by atoms with Crippen molar-refractivity contribution in [3.63, 3.8) is 0 Å². The van der Waals surface area contributed by atoms with Crippen molar-refractivity contribution in [2.24, 2.45) is 0 Å². The van der Waals surface area contributed by atoms with E-state index in [0.29, 0.717) is 18.0 Å². The maximum Gasteiger partial charge on any atom is 0.241 e. The zero-order chi connectivity index (χ0) is 18.4. The third-order valence-electron chi connectivity index (χ3n) is 3.75. The van der Waals surface area contributed by atoms with E-state index in [0.717, 1.165) is 11.1 Å². The highest BCUT2D eigenvalue weighted by Crippen LogP contribution is 2.18. The van der Waals surface area contributed by atoms with Crippen molar-refractivity contribution < 1.29 is 17.9 Å². The summed E-state index contributed by atoms with van der Waals surface area (Å²) in [6.07, 6.45) is 0. The fourth-order valence-electron chi connectivity index (χ4n) is 2.21. The first-order valence-corrected chi connectivity index (χ1v) is 9.40. The van der Waals surface area contributed by atoms with E-state index in [1.165, 1.54) is 12.1 Å². The van der Waals surface area contributed by atoms with Crippen molar-refractivity contribution in [3.05, 3.63) is 53.6 Å². The predicted octanol–water partition coefficient (Wildman–Crippen LogP) is 2.62. The molecule has 7 heteroatoms. The van der Waals surface area contributed by atoms with Crippen LogP contribution in [0.5, 0.6) is 5.75 Å². The van der Waals surface area contributed by atoms with Gasteiger partial charge in [-0.1, -0.05) is 12.1 Å². The summed E-state index contributed by atoms with van der Waals surface area (Å²) in [6.45, 7) is 5.85. The summed E-state index contributed by atoms with van der Waals surface area (Å²) in [4.78, 5) is 12.1. The molecule has 0 aliphatic rings. The molecule has 2 N–H and O–H groups in total. The van der Waals surface area contributed by atoms with E-state index in [-0.39, 0.29) is 11.4 Å². The molecular formula is C18H22N2O4S. The average molecular weight is 362 g/mol. The van der Waals surface area contributed by atoms with Crippen LogP contribution >= 0.6 is 0 Å². The Balaban J connectivity index is 1.99. The van der Waals surface area contributed by atoms with Crippen molar-refractivity contribution >= 4 is 21.6 Å². The van der Waals surface area contributed by atoms with Crippen LogP contribution in [0.4, 0.5) is 5.69 Å². The van der Waals surface area contributed by atoms with Gasteiger partial charge in [0.25, 0.3) is 0 Å². The second-order valence-corrected chi connectivity index (χ2v) is 7.29. The number of carbonyl (C=O) groups is 1. The van der Waals surface area contributed by atoms with Crippen LogP contribution in [0, 0.1) is 13.8 Å². The minimum atomic E-state index is -3.76. The topological polar surface area (TPSA) is 84.5 Å². The molecular weight excluding hydrogens is 340 g/mol. The lowest BCUT2D eigenvalue weighted by molar-refractivity contribution is -0.115. The standard InChI is InChI=1S/C18H22N2O4S/c1-4-24-15-8-10-16(11-9-15)25(22,23)19-12-18(21)20-17-7-5-6-13(2)14(17)3/h5-11,19H,4,12H2,1-3H3,(H,20,21). The lowest BCUT2D eigenvalue weighted by Gasteiger charge is -2.11. The Kier molecular flexibility index (Phi) is 6.17. The van der Waals surface area contributed by atoms with Gasteiger partial charge in [0.2, 0.25) is 15.9 Å². The molecule has 0 aliphatic carbocycles. The summed E-state index contributed by atoms with van der Waals surface area (Å²) < 4.78 is 32.1. The van der Waals surface area contributed by atoms with Gasteiger partial charge in [0.15, 0.2) is 0 Å². The smallest absolute Gasteiger partial charge is 0.241 e. The fourth-order valence-corrected chi connectivity index (χ4v) is 3.19. The Bertz CT molecular complexity index is 846. The van der Waals surface area contributed by atoms with Gasteiger partial charge in [-0.3, -0.25) is 4.79 Å². The lowest BCUT2D eigenvalue weighted by atomic mass is 10.1. The van der Waals surface area contributed by atoms with E-state index < -0.39 is 15.9 Å². The second-order valence-electron chi connectivity index (χ2n) is 5.52. The summed E-state index contributed by atoms with van der Waals surface area (Å²) >= 11 is 0. The number of anilines is 1. The summed E-state index contributed by atoms with van der Waals surface area (Å²) in [5.74, 6) is 0.164. The van der Waals surface area contributed by atoms with Crippen LogP contribution in [0.15, 0.2) is 47.4 Å². The number of ether oxygens (including phenoxy) is 1. The number of rotatable bonds is 7. The predicted molar refractivity (Wildman–Crippen MR) is 97.3 cm³/mol. The van der Waals surface area contributed by atoms with Gasteiger partial charge in [0, 0.05) is 5.69 Å². The van der Waals surface area contributed by atoms with Gasteiger partial charge in [0.05, 0.1) is 18.0 Å². The van der Waals surface area contributed by atoms with Crippen LogP contribution in [0.3, 0.4) is 0 Å². The first kappa shape index (κ1) is 19.0. The SMILES string of the molecule is CCOc1ccc(S(=O)(=O)NCC(=O)Nc2cccc(C)c2C)cc1. The van der Waals surface area contributed by atoms with Gasteiger partial charge < -0.3 is 10.1 Å². The molecule has 0 aromatic heterocycles. The Morgan fingerprint density at radius 3 is 2.40 bits per heavy atom. The van der Waals surface area contributed by atoms with Gasteiger partial charge in [-0.25, -0.2) is 13.1 Å². The van der Waals surface area contributed by atoms with E-state index >= 15 is 0 Å². The molecule has 0 heterocycles. The Labute approximate surface area is 148 Å². The quantitative estimate of drug-likeness (QED) is 0.793. The average Bonchev–Trinajstić information content (AvgIpc) is 2.58. The highest BCUT2D eigenvalue weighted by Gasteiger charge is 2.16. The van der Waals surface area contributed by atoms with E-state index in [4.69, 9.17) is 4.74 Å². The van der Waals surface area contributed by atoms with Gasteiger partial charge in [-0.05, 0) is 62.2 Å². The lowest BCUT2D eigenvalue weighted by Crippen LogP contribution is -2.33. The molecule has 2 rings (SSSR count). The van der Waals surface area contributed by atoms with Crippen LogP contribution in [-0.4, -0.2) is 27.5 Å². The molecule has 0 fully saturated rings. The van der Waals surface area contributed by atoms with Crippen molar-refractivity contribution in [1.29, 1.82) is 0 Å². The molecule has 0 bridgehead atoms. The fraction of sp³-hybridized carbons (Fsp3) is 0.278. The Morgan fingerprint density at radius 1 is 1.08 bits per heavy atom. The van der Waals surface area contributed by atoms with Gasteiger partial charge in [-0.2, -0.15) is 0 Å². The number of amides is 1. The molecule has 2 aromatic carbocycles. The number of nitrogens with one attached hydrogen (secondary N) is 2. The minimum Gasteiger partial charge on any atom is -0.494 e. The molecule has 0 atom stereocenters. The Hall–Kier alpha value is -2.38. The van der Waals surface area contributed by atoms with Crippen molar-refractivity contribution in [2.75, 3.05) is 18.5 Å². The number of carbonyl (C=O) groups excluding carboxylic acids is 1. The Morgan fingerprint density at radius 2 is 1.76 bits per heavy atom. The van der Waals surface area contributed by atoms with Crippen LogP contribution in [0.2, 0.25) is 0 Å². The zero-order valence-electron chi connectivity index (χ0n) is 14.5. The summed E-state index contributed by atoms with van der Waals surface area (Å²) in [6, 6.07) is 11.6. The molecule has 6 nitrogen and oxygen atoms in total. The first-order valence-electron chi connectivity index (χ1n) is 7.92. The molecule has 134 valence electrons. The normalized spacial score (nSPS) is 11.2. The molecule has 0 radical (unpaired) electrons. The highest BCUT2D eigenvalue weighted by molar-refractivity contribution is 7.89. The van der Waals surface area contributed by atoms with Gasteiger partial charge >= 0.3 is 0 Å². The zero-order valence-corrected chi connectivity index (χ0v) is 15.3. The van der Waals surface area contributed by atoms with E-state index in [1.807, 2.05) is 32.9 Å². The van der Waals surface area contributed by atoms with E-state index in [2.05, 4.69) is 10.0 Å². The van der Waals surface area contributed by atoms with Crippen molar-refractivity contribution in [2.45, 2.75) is 25.7 Å². The largest absolute Gasteiger partial charge is 0.494 e. The highest BCUT2D eigenvalue weighted by atomic mass is 32.2. The molecule has 1 amide bonds. The van der Waals surface area contributed by atoms with Crippen LogP contribution in [-0.2, 0) is 14.8 Å². The van der Waals surface area contributed by atoms with E-state index in [9.17, 15) is 13.2 Å². The molecule has 0 spiro atoms. The molecule has 25 heavy (non-hydrogen) atoms. The van der Waals surface area contributed by atoms with E-state index in [1.54, 1.807) is 18.2 Å². The first-order chi connectivity index (χ1) is 11.8. The van der Waals surface area contributed by atoms with Crippen LogP contribution in [0.1, 0.15) is 18.1 Å². The monoisotopic (exact) mass is 362 g/mol. The van der Waals surface area contributed by atoms with Crippen LogP contribution < -0.4 is 14.8 Å². The summed E-state index contributed by atoms with van der Waals surface area (Å²) in [5, 5.41) is 2.72. The van der Waals surface area contributed by atoms with Crippen molar-refractivity contribution in [3.8, 4) is 5.75 Å². The van der Waals surface area contributed by atoms with Crippen LogP contribution in [0.25, 0.3) is 0 Å². The number of hydrogen-bond acceptors (Lipinski definition) is 4. The maximum absolute atomic E-state index is 12.2. The molecule has 2 aromatic rings. The number of benzene rings is 2. The number of hydrogen-bond donors (Lipinski definition) is 2. The molecule has 0 aliphatic heterocycles. The summed E-state index contributed by atoms with van der Waals surface area (Å²) in [5.41, 5.74) is 2.67. The van der Waals surface area contributed by atoms with Gasteiger partial charge in [0.1, 0.15) is 5.75 Å². The third kappa shape index (κ3) is 5.04. The number of sulfonamides is 1. The molecule has 0 unspecified atom stereocenters. The molecule has 0 saturated heterocycles. The third-order valence-corrected chi connectivity index (χ3v) is 5.16. The van der Waals surface area contributed by atoms with Gasteiger partial charge in [-0.15, -0.1) is 0 Å².